The number of aromatic nitrogens is 2. The SMILES string of the molecule is O=c1c2ccc(S(=O)(=O)O)cc2c(=O)c2c1cc(Br)c1nc3c(nc12)c(S(=O)(=O)O)cc1c(=O)c2ccc(SOOO)cc2c(=O)c13. The molecule has 0 atom stereocenters. The molecule has 6 aromatic carbocycles. The largest absolute Gasteiger partial charge is 0.296 e. The summed E-state index contributed by atoms with van der Waals surface area (Å²) in [6.45, 7) is 0. The molecule has 0 unspecified atom stereocenters. The van der Waals surface area contributed by atoms with E-state index in [4.69, 9.17) is 5.26 Å². The highest BCUT2D eigenvalue weighted by Gasteiger charge is 2.26. The smallest absolute Gasteiger partial charge is 0.289 e. The van der Waals surface area contributed by atoms with Gasteiger partial charge in [0.2, 0.25) is 0 Å². The standard InChI is InChI=1S/C28H11BrN2O13S3/c29-17-7-15-19(28(35)14-6-10(46(37,38)39)2-4-12(14)25(15)32)23-21(17)30-24-20-16(8-18(22(24)31-23)47(40,41)42)26(33)11-3-1-9(45-44-43-36)5-13(11)27(20)34/h1-8,36H,(H,37,38,39)(H,40,41,42). The van der Waals surface area contributed by atoms with Crippen molar-refractivity contribution in [1.82, 2.24) is 9.97 Å². The van der Waals surface area contributed by atoms with Crippen LogP contribution >= 0.6 is 28.0 Å². The minimum atomic E-state index is -5.17. The van der Waals surface area contributed by atoms with Crippen molar-refractivity contribution in [3.63, 3.8) is 0 Å². The first-order chi connectivity index (χ1) is 22.1. The fraction of sp³-hybridized carbons (Fsp3) is 0. The second-order valence-corrected chi connectivity index (χ2v) is 14.5. The molecule has 1 aromatic heterocycles. The van der Waals surface area contributed by atoms with Gasteiger partial charge in [-0.25, -0.2) is 15.2 Å². The van der Waals surface area contributed by atoms with Crippen molar-refractivity contribution < 1.29 is 40.6 Å². The monoisotopic (exact) mass is 758 g/mol. The Balaban J connectivity index is 1.72. The van der Waals surface area contributed by atoms with Gasteiger partial charge in [-0.05, 0) is 64.5 Å². The summed E-state index contributed by atoms with van der Waals surface area (Å²) in [5, 5.41) is 9.80. The Kier molecular flexibility index (Phi) is 7.06. The summed E-state index contributed by atoms with van der Waals surface area (Å²) >= 11 is 3.79. The van der Waals surface area contributed by atoms with Gasteiger partial charge in [-0.2, -0.15) is 16.8 Å². The van der Waals surface area contributed by atoms with Crippen molar-refractivity contribution >= 4 is 113 Å². The molecule has 7 aromatic rings. The third-order valence-corrected chi connectivity index (χ3v) is 10.5. The lowest BCUT2D eigenvalue weighted by Crippen LogP contribution is -2.17. The van der Waals surface area contributed by atoms with Gasteiger partial charge in [0.25, 0.3) is 20.2 Å². The van der Waals surface area contributed by atoms with Gasteiger partial charge >= 0.3 is 0 Å². The topological polar surface area (TPSA) is 241 Å². The summed E-state index contributed by atoms with van der Waals surface area (Å²) in [4.78, 5) is 62.2. The number of hydrogen-bond donors (Lipinski definition) is 3. The molecule has 0 aliphatic heterocycles. The first-order valence-corrected chi connectivity index (χ1v) is 17.1. The molecular weight excluding hydrogens is 748 g/mol. The molecule has 0 amide bonds. The highest BCUT2D eigenvalue weighted by molar-refractivity contribution is 9.10. The molecule has 47 heavy (non-hydrogen) atoms. The molecule has 0 bridgehead atoms. The molecule has 0 aliphatic rings. The van der Waals surface area contributed by atoms with Crippen LogP contribution in [-0.4, -0.2) is 41.2 Å². The predicted octanol–water partition coefficient (Wildman–Crippen LogP) is 3.40. The van der Waals surface area contributed by atoms with Crippen molar-refractivity contribution in [3.8, 4) is 0 Å². The highest BCUT2D eigenvalue weighted by Crippen LogP contribution is 2.34. The Morgan fingerprint density at radius 3 is 1.77 bits per heavy atom. The van der Waals surface area contributed by atoms with Crippen molar-refractivity contribution in [1.29, 1.82) is 0 Å². The molecule has 1 heterocycles. The average Bonchev–Trinajstić information content (AvgIpc) is 3.02. The van der Waals surface area contributed by atoms with Crippen LogP contribution < -0.4 is 21.7 Å². The van der Waals surface area contributed by atoms with Crippen LogP contribution in [0, 0.1) is 0 Å². The van der Waals surface area contributed by atoms with Gasteiger partial charge in [0.05, 0.1) is 27.7 Å². The van der Waals surface area contributed by atoms with E-state index in [1.807, 2.05) is 0 Å². The predicted molar refractivity (Wildman–Crippen MR) is 173 cm³/mol. The minimum Gasteiger partial charge on any atom is -0.289 e. The molecule has 19 heteroatoms. The molecule has 0 saturated carbocycles. The number of fused-ring (bicyclic) bond motifs is 8. The summed E-state index contributed by atoms with van der Waals surface area (Å²) in [5.74, 6) is 0. The number of rotatable bonds is 5. The van der Waals surface area contributed by atoms with Gasteiger partial charge in [0.1, 0.15) is 27.0 Å². The number of nitrogens with zero attached hydrogens (tertiary/aromatic N) is 2. The minimum absolute atomic E-state index is 0.0700. The second kappa shape index (κ2) is 10.6. The number of halogens is 1. The maximum absolute atomic E-state index is 13.9. The Labute approximate surface area is 271 Å². The Morgan fingerprint density at radius 1 is 0.617 bits per heavy atom. The molecular formula is C28H11BrN2O13S3. The van der Waals surface area contributed by atoms with Gasteiger partial charge in [-0.1, -0.05) is 5.04 Å². The lowest BCUT2D eigenvalue weighted by molar-refractivity contribution is -0.432. The first kappa shape index (κ1) is 31.3. The molecule has 0 radical (unpaired) electrons. The fourth-order valence-corrected chi connectivity index (χ4v) is 7.64. The zero-order valence-corrected chi connectivity index (χ0v) is 26.6. The molecule has 0 fully saturated rings. The molecule has 7 rings (SSSR count). The van der Waals surface area contributed by atoms with E-state index in [0.717, 1.165) is 24.3 Å². The van der Waals surface area contributed by atoms with E-state index < -0.39 is 78.9 Å². The molecule has 3 N–H and O–H groups in total. The van der Waals surface area contributed by atoms with Crippen molar-refractivity contribution in [2.45, 2.75) is 14.7 Å². The zero-order valence-electron chi connectivity index (χ0n) is 22.5. The third kappa shape index (κ3) is 4.74. The van der Waals surface area contributed by atoms with Crippen LogP contribution in [0.3, 0.4) is 0 Å². The van der Waals surface area contributed by atoms with Gasteiger partial charge in [0.15, 0.2) is 21.7 Å². The van der Waals surface area contributed by atoms with Gasteiger partial charge in [-0.3, -0.25) is 28.3 Å². The normalized spacial score (nSPS) is 12.8. The van der Waals surface area contributed by atoms with Gasteiger partial charge in [-0.15, -0.1) is 4.33 Å². The first-order valence-electron chi connectivity index (χ1n) is 12.7. The van der Waals surface area contributed by atoms with Crippen LogP contribution in [-0.2, 0) is 29.6 Å². The van der Waals surface area contributed by atoms with Crippen LogP contribution in [0.15, 0.2) is 86.9 Å². The van der Waals surface area contributed by atoms with Gasteiger partial charge in [0, 0.05) is 41.7 Å². The van der Waals surface area contributed by atoms with E-state index in [-0.39, 0.29) is 47.3 Å². The fourth-order valence-electron chi connectivity index (χ4n) is 5.58. The van der Waals surface area contributed by atoms with E-state index in [9.17, 15) is 45.1 Å². The van der Waals surface area contributed by atoms with E-state index in [0.29, 0.717) is 12.0 Å². The van der Waals surface area contributed by atoms with Crippen LogP contribution in [0.25, 0.3) is 65.2 Å². The highest BCUT2D eigenvalue weighted by atomic mass is 79.9. The second-order valence-electron chi connectivity index (χ2n) is 10.1. The summed E-state index contributed by atoms with van der Waals surface area (Å²) < 4.78 is 73.0. The van der Waals surface area contributed by atoms with Gasteiger partial charge < -0.3 is 0 Å². The third-order valence-electron chi connectivity index (χ3n) is 7.55. The summed E-state index contributed by atoms with van der Waals surface area (Å²) in [6, 6.07) is 8.70. The molecule has 236 valence electrons. The molecule has 0 aliphatic carbocycles. The van der Waals surface area contributed by atoms with Crippen LogP contribution in [0.5, 0.6) is 0 Å². The van der Waals surface area contributed by atoms with E-state index in [1.54, 1.807) is 0 Å². The summed E-state index contributed by atoms with van der Waals surface area (Å²) in [5.41, 5.74) is -4.83. The van der Waals surface area contributed by atoms with Crippen molar-refractivity contribution in [3.05, 3.63) is 93.9 Å². The number of hydrogen-bond acceptors (Lipinski definition) is 14. The summed E-state index contributed by atoms with van der Waals surface area (Å²) in [7, 11) is -9.96. The zero-order chi connectivity index (χ0) is 33.7. The van der Waals surface area contributed by atoms with E-state index >= 15 is 0 Å². The quantitative estimate of drug-likeness (QED) is 0.0569. The molecule has 0 saturated heterocycles. The maximum atomic E-state index is 13.9. The average molecular weight is 760 g/mol. The van der Waals surface area contributed by atoms with E-state index in [2.05, 4.69) is 35.3 Å². The van der Waals surface area contributed by atoms with Crippen LogP contribution in [0.2, 0.25) is 0 Å². The Hall–Kier alpha value is -4.31. The van der Waals surface area contributed by atoms with E-state index in [1.165, 1.54) is 24.3 Å². The summed E-state index contributed by atoms with van der Waals surface area (Å²) in [6.07, 6.45) is 0. The molecule has 15 nitrogen and oxygen atoms in total. The maximum Gasteiger partial charge on any atom is 0.296 e. The Morgan fingerprint density at radius 2 is 1.17 bits per heavy atom. The van der Waals surface area contributed by atoms with Crippen LogP contribution in [0.1, 0.15) is 0 Å². The number of benzene rings is 6. The van der Waals surface area contributed by atoms with Crippen molar-refractivity contribution in [2.24, 2.45) is 0 Å². The lowest BCUT2D eigenvalue weighted by atomic mass is 9.99. The van der Waals surface area contributed by atoms with Crippen molar-refractivity contribution in [2.75, 3.05) is 0 Å². The molecule has 0 spiro atoms. The van der Waals surface area contributed by atoms with Crippen LogP contribution in [0.4, 0.5) is 0 Å². The Bertz CT molecular complexity index is 3050. The lowest BCUT2D eigenvalue weighted by Gasteiger charge is -2.12.